The highest BCUT2D eigenvalue weighted by Gasteiger charge is 2.28. The first-order valence-electron chi connectivity index (χ1n) is 31.6. The maximum Gasteiger partial charge on any atom is 0.249 e. The van der Waals surface area contributed by atoms with E-state index in [0.29, 0.717) is 12.8 Å². The minimum absolute atomic E-state index is 0.369. The number of hydrogen-bond donors (Lipinski definition) is 5. The van der Waals surface area contributed by atoms with Gasteiger partial charge in [0.05, 0.1) is 18.8 Å². The van der Waals surface area contributed by atoms with Crippen LogP contribution in [0.2, 0.25) is 0 Å². The lowest BCUT2D eigenvalue weighted by Gasteiger charge is -2.27. The van der Waals surface area contributed by atoms with Crippen LogP contribution in [0.4, 0.5) is 0 Å². The van der Waals surface area contributed by atoms with E-state index in [2.05, 4.69) is 31.3 Å². The minimum atomic E-state index is -1.28. The summed E-state index contributed by atoms with van der Waals surface area (Å²) in [6, 6.07) is -0.999. The highest BCUT2D eigenvalue weighted by atomic mass is 16.3. The molecule has 6 heteroatoms. The van der Waals surface area contributed by atoms with Gasteiger partial charge in [0.1, 0.15) is 12.2 Å². The Hall–Kier alpha value is -0.950. The number of nitrogens with one attached hydrogen (secondary N) is 1. The molecule has 0 spiro atoms. The number of rotatable bonds is 59. The lowest BCUT2D eigenvalue weighted by Crippen LogP contribution is -2.53. The second kappa shape index (κ2) is 57.9. The largest absolute Gasteiger partial charge is 0.394 e. The Balaban J connectivity index is 3.57. The summed E-state index contributed by atoms with van der Waals surface area (Å²) < 4.78 is 0. The van der Waals surface area contributed by atoms with Crippen molar-refractivity contribution in [1.82, 2.24) is 5.32 Å². The molecular formula is C63H125NO5. The number of aliphatic hydroxyl groups excluding tert-OH is 4. The number of carbonyl (C=O) groups excluding carboxylic acids is 1. The van der Waals surface area contributed by atoms with Crippen molar-refractivity contribution in [2.45, 2.75) is 379 Å². The number of aliphatic hydroxyl groups is 4. The van der Waals surface area contributed by atoms with Crippen molar-refractivity contribution >= 4 is 5.91 Å². The zero-order valence-electron chi connectivity index (χ0n) is 46.8. The molecule has 0 saturated heterocycles. The molecule has 69 heavy (non-hydrogen) atoms. The molecule has 5 N–H and O–H groups in total. The van der Waals surface area contributed by atoms with Gasteiger partial charge in [-0.1, -0.05) is 328 Å². The molecule has 0 aliphatic heterocycles. The van der Waals surface area contributed by atoms with Gasteiger partial charge < -0.3 is 25.7 Å². The van der Waals surface area contributed by atoms with Crippen molar-refractivity contribution in [3.63, 3.8) is 0 Å². The summed E-state index contributed by atoms with van der Waals surface area (Å²) in [5.41, 5.74) is 0. The summed E-state index contributed by atoms with van der Waals surface area (Å²) in [4.78, 5) is 12.6. The fraction of sp³-hybridized carbons (Fsp3) is 0.952. The molecule has 0 radical (unpaired) electrons. The van der Waals surface area contributed by atoms with Crippen LogP contribution in [0, 0.1) is 0 Å². The van der Waals surface area contributed by atoms with Crippen LogP contribution in [-0.4, -0.2) is 57.3 Å². The molecule has 1 amide bonds. The molecule has 4 atom stereocenters. The fourth-order valence-corrected chi connectivity index (χ4v) is 10.3. The molecule has 0 bridgehead atoms. The van der Waals surface area contributed by atoms with Crippen LogP contribution in [0.1, 0.15) is 354 Å². The Morgan fingerprint density at radius 2 is 0.594 bits per heavy atom. The monoisotopic (exact) mass is 976 g/mol. The summed E-state index contributed by atoms with van der Waals surface area (Å²) in [7, 11) is 0. The average Bonchev–Trinajstić information content (AvgIpc) is 3.35. The van der Waals surface area contributed by atoms with Crippen molar-refractivity contribution in [3.8, 4) is 0 Å². The first-order valence-corrected chi connectivity index (χ1v) is 31.6. The predicted octanol–water partition coefficient (Wildman–Crippen LogP) is 18.8. The zero-order chi connectivity index (χ0) is 50.2. The summed E-state index contributed by atoms with van der Waals surface area (Å²) in [5.74, 6) is -0.585. The van der Waals surface area contributed by atoms with Crippen LogP contribution in [0.15, 0.2) is 12.2 Å². The van der Waals surface area contributed by atoms with Gasteiger partial charge in [-0.2, -0.15) is 0 Å². The number of allylic oxidation sites excluding steroid dienone is 2. The molecule has 0 aliphatic carbocycles. The standard InChI is InChI=1S/C63H125NO5/c1-3-5-7-9-11-13-15-17-19-21-23-25-27-28-29-30-31-32-33-35-37-39-41-43-45-47-49-51-53-55-57-61(67)63(69)64-59(58-65)62(68)60(66)56-54-52-50-48-46-44-42-40-38-36-34-26-24-22-20-18-16-14-12-10-8-6-4-2/h48,50,59-62,65-68H,3-47,49,51-58H2,1-2H3,(H,64,69)/b50-48+. The van der Waals surface area contributed by atoms with Gasteiger partial charge >= 0.3 is 0 Å². The van der Waals surface area contributed by atoms with Gasteiger partial charge in [0, 0.05) is 0 Å². The topological polar surface area (TPSA) is 110 Å². The van der Waals surface area contributed by atoms with Crippen molar-refractivity contribution in [3.05, 3.63) is 12.2 Å². The first-order chi connectivity index (χ1) is 34.0. The lowest BCUT2D eigenvalue weighted by molar-refractivity contribution is -0.132. The quantitative estimate of drug-likeness (QED) is 0.0308. The van der Waals surface area contributed by atoms with Crippen molar-refractivity contribution < 1.29 is 25.2 Å². The fourth-order valence-electron chi connectivity index (χ4n) is 10.3. The van der Waals surface area contributed by atoms with Crippen LogP contribution in [0.5, 0.6) is 0 Å². The summed E-state index contributed by atoms with van der Waals surface area (Å²) in [6.07, 6.45) is 70.3. The van der Waals surface area contributed by atoms with Crippen LogP contribution < -0.4 is 5.32 Å². The number of hydrogen-bond acceptors (Lipinski definition) is 5. The van der Waals surface area contributed by atoms with Gasteiger partial charge in [-0.25, -0.2) is 0 Å². The van der Waals surface area contributed by atoms with E-state index < -0.39 is 36.9 Å². The molecule has 0 aromatic carbocycles. The maximum atomic E-state index is 12.6. The van der Waals surface area contributed by atoms with Crippen LogP contribution >= 0.6 is 0 Å². The molecule has 0 rings (SSSR count). The maximum absolute atomic E-state index is 12.6. The van der Waals surface area contributed by atoms with E-state index in [9.17, 15) is 25.2 Å². The predicted molar refractivity (Wildman–Crippen MR) is 302 cm³/mol. The van der Waals surface area contributed by atoms with Gasteiger partial charge in [-0.3, -0.25) is 4.79 Å². The number of unbranched alkanes of at least 4 members (excludes halogenated alkanes) is 48. The van der Waals surface area contributed by atoms with Crippen LogP contribution in [0.25, 0.3) is 0 Å². The Morgan fingerprint density at radius 3 is 0.870 bits per heavy atom. The normalized spacial score (nSPS) is 13.7. The van der Waals surface area contributed by atoms with Gasteiger partial charge in [-0.05, 0) is 38.5 Å². The molecule has 4 unspecified atom stereocenters. The first kappa shape index (κ1) is 68.0. The molecule has 6 nitrogen and oxygen atoms in total. The van der Waals surface area contributed by atoms with E-state index in [4.69, 9.17) is 0 Å². The van der Waals surface area contributed by atoms with Gasteiger partial charge in [0.2, 0.25) is 5.91 Å². The highest BCUT2D eigenvalue weighted by molar-refractivity contribution is 5.80. The Morgan fingerprint density at radius 1 is 0.348 bits per heavy atom. The van der Waals surface area contributed by atoms with E-state index in [-0.39, 0.29) is 0 Å². The van der Waals surface area contributed by atoms with E-state index in [1.165, 1.54) is 289 Å². The van der Waals surface area contributed by atoms with E-state index in [1.807, 2.05) is 0 Å². The SMILES string of the molecule is CCCCCCCCCCCCCCCCCCCC/C=C/CCCC(O)C(O)C(CO)NC(=O)C(O)CCCCCCCCCCCCCCCCCCCCCCCCCCCCCCCC. The third-order valence-electron chi connectivity index (χ3n) is 15.2. The third kappa shape index (κ3) is 51.7. The van der Waals surface area contributed by atoms with Crippen molar-refractivity contribution in [2.75, 3.05) is 6.61 Å². The van der Waals surface area contributed by atoms with Crippen molar-refractivity contribution in [2.24, 2.45) is 0 Å². The van der Waals surface area contributed by atoms with Crippen LogP contribution in [-0.2, 0) is 4.79 Å². The highest BCUT2D eigenvalue weighted by Crippen LogP contribution is 2.19. The number of amides is 1. The summed E-state index contributed by atoms with van der Waals surface area (Å²) >= 11 is 0. The summed E-state index contributed by atoms with van der Waals surface area (Å²) in [6.45, 7) is 4.10. The molecule has 0 aliphatic rings. The van der Waals surface area contributed by atoms with E-state index in [1.54, 1.807) is 0 Å². The van der Waals surface area contributed by atoms with Crippen LogP contribution in [0.3, 0.4) is 0 Å². The molecule has 412 valence electrons. The second-order valence-corrected chi connectivity index (χ2v) is 22.1. The average molecular weight is 977 g/mol. The van der Waals surface area contributed by atoms with Gasteiger partial charge in [0.25, 0.3) is 0 Å². The molecule has 0 aromatic rings. The molecule has 0 heterocycles. The van der Waals surface area contributed by atoms with Crippen molar-refractivity contribution in [1.29, 1.82) is 0 Å². The Bertz CT molecular complexity index is 1010. The molecule has 0 aromatic heterocycles. The number of carbonyl (C=O) groups is 1. The molecular weight excluding hydrogens is 851 g/mol. The molecule has 0 fully saturated rings. The second-order valence-electron chi connectivity index (χ2n) is 22.1. The van der Waals surface area contributed by atoms with E-state index >= 15 is 0 Å². The Kier molecular flexibility index (Phi) is 57.1. The molecule has 0 saturated carbocycles. The van der Waals surface area contributed by atoms with E-state index in [0.717, 1.165) is 38.5 Å². The minimum Gasteiger partial charge on any atom is -0.394 e. The summed E-state index contributed by atoms with van der Waals surface area (Å²) in [5, 5.41) is 44.1. The van der Waals surface area contributed by atoms with Gasteiger partial charge in [-0.15, -0.1) is 0 Å². The third-order valence-corrected chi connectivity index (χ3v) is 15.2. The smallest absolute Gasteiger partial charge is 0.249 e. The van der Waals surface area contributed by atoms with Gasteiger partial charge in [0.15, 0.2) is 0 Å². The Labute approximate surface area is 432 Å². The zero-order valence-corrected chi connectivity index (χ0v) is 46.8. The lowest BCUT2D eigenvalue weighted by atomic mass is 10.00.